The molecule has 46 heavy (non-hydrogen) atoms. The molecule has 0 saturated carbocycles. The molecule has 4 aromatic heterocycles. The maximum absolute atomic E-state index is 12.1. The Morgan fingerprint density at radius 3 is 1.65 bits per heavy atom. The van der Waals surface area contributed by atoms with Crippen molar-refractivity contribution in [3.05, 3.63) is 83.7 Å². The minimum absolute atomic E-state index is 0.0640. The summed E-state index contributed by atoms with van der Waals surface area (Å²) in [5, 5.41) is 7.95. The van der Waals surface area contributed by atoms with Crippen molar-refractivity contribution >= 4 is 29.3 Å². The number of Topliss-reactive ketones (excluding diaryl/α,β-unsaturated/α-hetero) is 2. The number of ketones is 2. The number of furan rings is 2. The third-order valence-electron chi connectivity index (χ3n) is 6.64. The van der Waals surface area contributed by atoms with Gasteiger partial charge in [0.25, 0.3) is 11.8 Å². The van der Waals surface area contributed by atoms with Crippen LogP contribution >= 0.6 is 0 Å². The highest BCUT2D eigenvalue weighted by molar-refractivity contribution is 5.97. The normalized spacial score (nSPS) is 10.5. The number of aromatic nitrogens is 4. The smallest absolute Gasteiger partial charge is 0.287 e. The number of hydrogen-bond donors (Lipinski definition) is 5. The molecule has 0 aromatic carbocycles. The van der Waals surface area contributed by atoms with E-state index < -0.39 is 5.91 Å². The first-order valence-electron chi connectivity index (χ1n) is 15.3. The molecule has 0 saturated heterocycles. The fourth-order valence-electron chi connectivity index (χ4n) is 4.14. The van der Waals surface area contributed by atoms with Crippen LogP contribution < -0.4 is 16.0 Å². The molecule has 246 valence electrons. The van der Waals surface area contributed by atoms with Crippen molar-refractivity contribution in [2.24, 2.45) is 0 Å². The Hall–Kier alpha value is -5.27. The number of carbonyl (C=O) groups excluding carboxylic acids is 5. The molecule has 0 atom stereocenters. The number of amides is 3. The van der Waals surface area contributed by atoms with Crippen LogP contribution in [0.15, 0.2) is 58.0 Å². The molecule has 0 aliphatic carbocycles. The second-order valence-electron chi connectivity index (χ2n) is 10.4. The van der Waals surface area contributed by atoms with Crippen LogP contribution in [-0.4, -0.2) is 68.9 Å². The number of nitrogens with zero attached hydrogens (tertiary/aromatic N) is 2. The van der Waals surface area contributed by atoms with Gasteiger partial charge >= 0.3 is 0 Å². The Morgan fingerprint density at radius 1 is 0.696 bits per heavy atom. The highest BCUT2D eigenvalue weighted by Gasteiger charge is 2.16. The van der Waals surface area contributed by atoms with Gasteiger partial charge in [-0.3, -0.25) is 24.0 Å². The van der Waals surface area contributed by atoms with E-state index in [0.29, 0.717) is 38.0 Å². The average molecular weight is 636 g/mol. The number of rotatable bonds is 18. The van der Waals surface area contributed by atoms with E-state index in [1.54, 1.807) is 30.7 Å². The Balaban J connectivity index is 0.000000250. The van der Waals surface area contributed by atoms with E-state index in [-0.39, 0.29) is 53.7 Å². The molecule has 0 spiro atoms. The Bertz CT molecular complexity index is 1520. The highest BCUT2D eigenvalue weighted by atomic mass is 16.3. The maximum Gasteiger partial charge on any atom is 0.287 e. The largest absolute Gasteiger partial charge is 0.469 e. The molecular weight excluding hydrogens is 594 g/mol. The predicted molar refractivity (Wildman–Crippen MR) is 167 cm³/mol. The molecule has 14 heteroatoms. The van der Waals surface area contributed by atoms with Crippen LogP contribution in [0.25, 0.3) is 0 Å². The van der Waals surface area contributed by atoms with Crippen LogP contribution in [0.2, 0.25) is 0 Å². The zero-order valence-electron chi connectivity index (χ0n) is 26.1. The molecule has 0 aliphatic heterocycles. The van der Waals surface area contributed by atoms with E-state index in [1.807, 2.05) is 6.07 Å². The van der Waals surface area contributed by atoms with Crippen molar-refractivity contribution in [3.8, 4) is 0 Å². The van der Waals surface area contributed by atoms with Gasteiger partial charge in [0, 0.05) is 52.2 Å². The second-order valence-corrected chi connectivity index (χ2v) is 10.4. The van der Waals surface area contributed by atoms with E-state index in [0.717, 1.165) is 30.8 Å². The summed E-state index contributed by atoms with van der Waals surface area (Å²) in [4.78, 5) is 71.9. The highest BCUT2D eigenvalue weighted by Crippen LogP contribution is 2.09. The summed E-state index contributed by atoms with van der Waals surface area (Å²) >= 11 is 0. The standard InChI is InChI=1S/C17H23N3O3.C15H18N4O4/c1-2-3-4-5-10-18-17(22)16-19-12-14(20-16)15(21)9-8-13-7-6-11-23-13;1-10(20)16-6-7-17-15(22)14-18-9-12(19-14)13(21)5-4-11-3-2-8-23-11/h6-7,11-12H,2-5,8-10H2,1H3,(H,18,22)(H,19,20);2-3,8-9H,4-7H2,1H3,(H,16,20)(H,17,22)(H,18,19). The minimum atomic E-state index is -0.430. The first-order valence-corrected chi connectivity index (χ1v) is 15.3. The molecule has 5 N–H and O–H groups in total. The number of unbranched alkanes of at least 4 members (excludes halogenated alkanes) is 3. The molecular formula is C32H41N7O7. The Kier molecular flexibility index (Phi) is 14.7. The fraction of sp³-hybridized carbons (Fsp3) is 0.406. The third kappa shape index (κ3) is 12.4. The monoisotopic (exact) mass is 635 g/mol. The van der Waals surface area contributed by atoms with E-state index in [9.17, 15) is 24.0 Å². The number of nitrogens with one attached hydrogen (secondary N) is 5. The summed E-state index contributed by atoms with van der Waals surface area (Å²) in [6, 6.07) is 7.18. The predicted octanol–water partition coefficient (Wildman–Crippen LogP) is 3.81. The summed E-state index contributed by atoms with van der Waals surface area (Å²) in [5.41, 5.74) is 0.635. The third-order valence-corrected chi connectivity index (χ3v) is 6.64. The quantitative estimate of drug-likeness (QED) is 0.0795. The molecule has 4 heterocycles. The zero-order chi connectivity index (χ0) is 33.1. The second kappa shape index (κ2) is 19.2. The fourth-order valence-corrected chi connectivity index (χ4v) is 4.14. The van der Waals surface area contributed by atoms with Crippen molar-refractivity contribution in [1.29, 1.82) is 0 Å². The molecule has 0 fully saturated rings. The number of aromatic amines is 2. The van der Waals surface area contributed by atoms with E-state index >= 15 is 0 Å². The van der Waals surface area contributed by atoms with Gasteiger partial charge in [0.1, 0.15) is 22.9 Å². The van der Waals surface area contributed by atoms with E-state index in [4.69, 9.17) is 8.83 Å². The molecule has 0 unspecified atom stereocenters. The van der Waals surface area contributed by atoms with Crippen LogP contribution in [-0.2, 0) is 17.6 Å². The van der Waals surface area contributed by atoms with Crippen LogP contribution in [0.1, 0.15) is 106 Å². The summed E-state index contributed by atoms with van der Waals surface area (Å²) < 4.78 is 10.4. The van der Waals surface area contributed by atoms with Gasteiger partial charge in [-0.05, 0) is 30.7 Å². The van der Waals surface area contributed by atoms with Crippen LogP contribution in [0.5, 0.6) is 0 Å². The lowest BCUT2D eigenvalue weighted by Crippen LogP contribution is -2.34. The van der Waals surface area contributed by atoms with Crippen molar-refractivity contribution in [2.45, 2.75) is 65.2 Å². The first kappa shape index (κ1) is 35.2. The van der Waals surface area contributed by atoms with Crippen molar-refractivity contribution < 1.29 is 32.8 Å². The van der Waals surface area contributed by atoms with Crippen molar-refractivity contribution in [2.75, 3.05) is 19.6 Å². The summed E-state index contributed by atoms with van der Waals surface area (Å²) in [5.74, 6) is 0.642. The number of hydrogen-bond acceptors (Lipinski definition) is 9. The van der Waals surface area contributed by atoms with Crippen LogP contribution in [0, 0.1) is 0 Å². The molecule has 4 aromatic rings. The average Bonchev–Trinajstić information content (AvgIpc) is 3.88. The number of aryl methyl sites for hydroxylation is 2. The first-order chi connectivity index (χ1) is 22.3. The molecule has 14 nitrogen and oxygen atoms in total. The Labute approximate surface area is 266 Å². The maximum atomic E-state index is 12.1. The van der Waals surface area contributed by atoms with Gasteiger partial charge in [-0.1, -0.05) is 26.2 Å². The van der Waals surface area contributed by atoms with Gasteiger partial charge in [0.15, 0.2) is 23.2 Å². The minimum Gasteiger partial charge on any atom is -0.469 e. The number of H-pyrrole nitrogens is 2. The molecule has 4 rings (SSSR count). The van der Waals surface area contributed by atoms with Gasteiger partial charge in [-0.2, -0.15) is 0 Å². The topological polar surface area (TPSA) is 205 Å². The van der Waals surface area contributed by atoms with Crippen LogP contribution in [0.3, 0.4) is 0 Å². The van der Waals surface area contributed by atoms with Gasteiger partial charge in [-0.15, -0.1) is 0 Å². The van der Waals surface area contributed by atoms with E-state index in [2.05, 4.69) is 42.8 Å². The van der Waals surface area contributed by atoms with Crippen molar-refractivity contribution in [1.82, 2.24) is 35.9 Å². The lowest BCUT2D eigenvalue weighted by molar-refractivity contribution is -0.118. The van der Waals surface area contributed by atoms with Gasteiger partial charge in [0.05, 0.1) is 24.9 Å². The van der Waals surface area contributed by atoms with E-state index in [1.165, 1.54) is 25.7 Å². The van der Waals surface area contributed by atoms with Gasteiger partial charge in [0.2, 0.25) is 5.91 Å². The SMILES string of the molecule is CC(=O)NCCNC(=O)c1ncc(C(=O)CCc2ccco2)[nH]1.CCCCCCNC(=O)c1ncc(C(=O)CCc2ccco2)[nH]1. The van der Waals surface area contributed by atoms with Crippen molar-refractivity contribution in [3.63, 3.8) is 0 Å². The molecule has 0 radical (unpaired) electrons. The zero-order valence-corrected chi connectivity index (χ0v) is 26.1. The summed E-state index contributed by atoms with van der Waals surface area (Å²) in [6.45, 7) is 4.78. The van der Waals surface area contributed by atoms with Crippen LogP contribution in [0.4, 0.5) is 0 Å². The summed E-state index contributed by atoms with van der Waals surface area (Å²) in [7, 11) is 0. The molecule has 0 bridgehead atoms. The number of carbonyl (C=O) groups is 5. The summed E-state index contributed by atoms with van der Waals surface area (Å²) in [6.07, 6.45) is 11.9. The van der Waals surface area contributed by atoms with Gasteiger partial charge < -0.3 is 34.8 Å². The lowest BCUT2D eigenvalue weighted by atomic mass is 10.1. The lowest BCUT2D eigenvalue weighted by Gasteiger charge is -2.03. The Morgan fingerprint density at radius 2 is 1.20 bits per heavy atom. The number of imidazole rings is 2. The molecule has 0 aliphatic rings. The van der Waals surface area contributed by atoms with Gasteiger partial charge in [-0.25, -0.2) is 9.97 Å². The molecule has 3 amide bonds.